The molecule has 2 nitrogen and oxygen atoms in total. The number of hydrogen-bond donors (Lipinski definition) is 1. The zero-order valence-electron chi connectivity index (χ0n) is 9.08. The van der Waals surface area contributed by atoms with Crippen molar-refractivity contribution in [2.75, 3.05) is 5.75 Å². The summed E-state index contributed by atoms with van der Waals surface area (Å²) in [5.41, 5.74) is 0.927. The van der Waals surface area contributed by atoms with E-state index in [0.29, 0.717) is 5.75 Å². The average Bonchev–Trinajstić information content (AvgIpc) is 2.38. The lowest BCUT2D eigenvalue weighted by molar-refractivity contribution is 0.204. The van der Waals surface area contributed by atoms with Crippen molar-refractivity contribution >= 4 is 27.7 Å². The number of rotatable bonds is 4. The molecule has 0 bridgehead atoms. The molecule has 0 saturated heterocycles. The van der Waals surface area contributed by atoms with E-state index in [9.17, 15) is 5.11 Å². The maximum absolute atomic E-state index is 10.0. The molecule has 1 aromatic heterocycles. The van der Waals surface area contributed by atoms with Gasteiger partial charge in [-0.15, -0.1) is 11.8 Å². The van der Waals surface area contributed by atoms with Crippen LogP contribution in [0.15, 0.2) is 58.2 Å². The van der Waals surface area contributed by atoms with E-state index in [1.807, 2.05) is 42.5 Å². The number of halogens is 1. The molecule has 0 radical (unpaired) electrons. The van der Waals surface area contributed by atoms with E-state index in [1.165, 1.54) is 0 Å². The van der Waals surface area contributed by atoms with Crippen LogP contribution in [-0.2, 0) is 0 Å². The zero-order valence-corrected chi connectivity index (χ0v) is 11.5. The highest BCUT2D eigenvalue weighted by Gasteiger charge is 2.08. The molecule has 0 fully saturated rings. The predicted molar refractivity (Wildman–Crippen MR) is 74.1 cm³/mol. The van der Waals surface area contributed by atoms with Crippen LogP contribution in [0.25, 0.3) is 0 Å². The maximum atomic E-state index is 10.0. The van der Waals surface area contributed by atoms with Crippen LogP contribution in [0, 0.1) is 0 Å². The third kappa shape index (κ3) is 3.84. The Morgan fingerprint density at radius 2 is 1.94 bits per heavy atom. The molecular formula is C13H12BrNOS. The molecule has 1 atom stereocenters. The molecule has 0 aliphatic heterocycles. The monoisotopic (exact) mass is 309 g/mol. The third-order valence-corrected chi connectivity index (χ3v) is 3.83. The van der Waals surface area contributed by atoms with Gasteiger partial charge in [-0.05, 0) is 29.8 Å². The number of aromatic nitrogens is 1. The van der Waals surface area contributed by atoms with E-state index in [2.05, 4.69) is 20.9 Å². The van der Waals surface area contributed by atoms with Gasteiger partial charge in [0.1, 0.15) is 0 Å². The van der Waals surface area contributed by atoms with E-state index in [-0.39, 0.29) is 0 Å². The van der Waals surface area contributed by atoms with Crippen molar-refractivity contribution in [2.45, 2.75) is 11.1 Å². The molecule has 1 heterocycles. The molecule has 2 rings (SSSR count). The summed E-state index contributed by atoms with van der Waals surface area (Å²) in [6, 6.07) is 13.5. The van der Waals surface area contributed by atoms with Crippen molar-refractivity contribution in [3.63, 3.8) is 0 Å². The second-order valence-corrected chi connectivity index (χ2v) is 5.50. The fourth-order valence-electron chi connectivity index (χ4n) is 1.38. The average molecular weight is 310 g/mol. The number of hydrogen-bond acceptors (Lipinski definition) is 3. The van der Waals surface area contributed by atoms with E-state index in [0.717, 1.165) is 15.1 Å². The molecular weight excluding hydrogens is 298 g/mol. The lowest BCUT2D eigenvalue weighted by Gasteiger charge is -2.10. The van der Waals surface area contributed by atoms with Crippen molar-refractivity contribution in [3.8, 4) is 0 Å². The van der Waals surface area contributed by atoms with Gasteiger partial charge in [-0.1, -0.05) is 34.1 Å². The molecule has 0 spiro atoms. The topological polar surface area (TPSA) is 33.1 Å². The lowest BCUT2D eigenvalue weighted by Crippen LogP contribution is -2.00. The number of aliphatic hydroxyl groups excluding tert-OH is 1. The molecule has 4 heteroatoms. The molecule has 1 N–H and O–H groups in total. The Hall–Kier alpha value is -0.840. The normalized spacial score (nSPS) is 12.4. The van der Waals surface area contributed by atoms with E-state index in [1.54, 1.807) is 18.0 Å². The SMILES string of the molecule is OC(CSc1ccccn1)c1ccc(Br)cc1. The van der Waals surface area contributed by atoms with Gasteiger partial charge in [0.05, 0.1) is 11.1 Å². The summed E-state index contributed by atoms with van der Waals surface area (Å²) in [5, 5.41) is 10.9. The van der Waals surface area contributed by atoms with Gasteiger partial charge in [-0.3, -0.25) is 0 Å². The first-order valence-electron chi connectivity index (χ1n) is 5.23. The second-order valence-electron chi connectivity index (χ2n) is 3.55. The van der Waals surface area contributed by atoms with Crippen LogP contribution in [0.1, 0.15) is 11.7 Å². The Kier molecular flexibility index (Phi) is 4.59. The van der Waals surface area contributed by atoms with Crippen LogP contribution >= 0.6 is 27.7 Å². The summed E-state index contributed by atoms with van der Waals surface area (Å²) in [7, 11) is 0. The Bertz CT molecular complexity index is 461. The summed E-state index contributed by atoms with van der Waals surface area (Å²) < 4.78 is 1.02. The third-order valence-electron chi connectivity index (χ3n) is 2.28. The molecule has 17 heavy (non-hydrogen) atoms. The molecule has 0 aliphatic carbocycles. The summed E-state index contributed by atoms with van der Waals surface area (Å²) in [5.74, 6) is 0.610. The molecule has 2 aromatic rings. The minimum atomic E-state index is -0.463. The van der Waals surface area contributed by atoms with Crippen LogP contribution in [-0.4, -0.2) is 15.8 Å². The minimum absolute atomic E-state index is 0.463. The fraction of sp³-hybridized carbons (Fsp3) is 0.154. The molecule has 0 saturated carbocycles. The van der Waals surface area contributed by atoms with Crippen LogP contribution in [0.4, 0.5) is 0 Å². The molecule has 88 valence electrons. The highest BCUT2D eigenvalue weighted by molar-refractivity contribution is 9.10. The lowest BCUT2D eigenvalue weighted by atomic mass is 10.1. The van der Waals surface area contributed by atoms with Gasteiger partial charge in [0.15, 0.2) is 0 Å². The first kappa shape index (κ1) is 12.6. The number of benzene rings is 1. The Labute approximate surface area is 113 Å². The number of aliphatic hydroxyl groups is 1. The van der Waals surface area contributed by atoms with Gasteiger partial charge >= 0.3 is 0 Å². The summed E-state index contributed by atoms with van der Waals surface area (Å²) >= 11 is 4.93. The second kappa shape index (κ2) is 6.19. The van der Waals surface area contributed by atoms with Gasteiger partial charge < -0.3 is 5.11 Å². The standard InChI is InChI=1S/C13H12BrNOS/c14-11-6-4-10(5-7-11)12(16)9-17-13-3-1-2-8-15-13/h1-8,12,16H,9H2. The maximum Gasteiger partial charge on any atom is 0.0960 e. The van der Waals surface area contributed by atoms with Crippen LogP contribution in [0.2, 0.25) is 0 Å². The molecule has 0 amide bonds. The van der Waals surface area contributed by atoms with Gasteiger partial charge in [-0.2, -0.15) is 0 Å². The largest absolute Gasteiger partial charge is 0.388 e. The fourth-order valence-corrected chi connectivity index (χ4v) is 2.47. The smallest absolute Gasteiger partial charge is 0.0960 e. The zero-order chi connectivity index (χ0) is 12.1. The van der Waals surface area contributed by atoms with E-state index in [4.69, 9.17) is 0 Å². The Morgan fingerprint density at radius 3 is 2.59 bits per heavy atom. The van der Waals surface area contributed by atoms with E-state index < -0.39 is 6.10 Å². The number of thioether (sulfide) groups is 1. The predicted octanol–water partition coefficient (Wildman–Crippen LogP) is 3.67. The van der Waals surface area contributed by atoms with E-state index >= 15 is 0 Å². The van der Waals surface area contributed by atoms with Gasteiger partial charge in [0, 0.05) is 16.4 Å². The van der Waals surface area contributed by atoms with Crippen molar-refractivity contribution in [1.82, 2.24) is 4.98 Å². The van der Waals surface area contributed by atoms with Gasteiger partial charge in [-0.25, -0.2) is 4.98 Å². The summed E-state index contributed by atoms with van der Waals surface area (Å²) in [4.78, 5) is 4.20. The quantitative estimate of drug-likeness (QED) is 0.875. The Balaban J connectivity index is 1.93. The van der Waals surface area contributed by atoms with Crippen LogP contribution in [0.5, 0.6) is 0 Å². The number of pyridine rings is 1. The molecule has 0 aliphatic rings. The molecule has 1 unspecified atom stereocenters. The van der Waals surface area contributed by atoms with Crippen molar-refractivity contribution in [1.29, 1.82) is 0 Å². The highest BCUT2D eigenvalue weighted by atomic mass is 79.9. The molecule has 1 aromatic carbocycles. The summed E-state index contributed by atoms with van der Waals surface area (Å²) in [6.07, 6.45) is 1.30. The van der Waals surface area contributed by atoms with Crippen molar-refractivity contribution in [3.05, 3.63) is 58.7 Å². The minimum Gasteiger partial charge on any atom is -0.388 e. The number of nitrogens with zero attached hydrogens (tertiary/aromatic N) is 1. The first-order valence-corrected chi connectivity index (χ1v) is 7.01. The first-order chi connectivity index (χ1) is 8.25. The summed E-state index contributed by atoms with van der Waals surface area (Å²) in [6.45, 7) is 0. The van der Waals surface area contributed by atoms with Gasteiger partial charge in [0.2, 0.25) is 0 Å². The Morgan fingerprint density at radius 1 is 1.18 bits per heavy atom. The van der Waals surface area contributed by atoms with Crippen LogP contribution in [0.3, 0.4) is 0 Å². The highest BCUT2D eigenvalue weighted by Crippen LogP contribution is 2.24. The van der Waals surface area contributed by atoms with Crippen molar-refractivity contribution < 1.29 is 5.11 Å². The van der Waals surface area contributed by atoms with Crippen molar-refractivity contribution in [2.24, 2.45) is 0 Å². The van der Waals surface area contributed by atoms with Crippen LogP contribution < -0.4 is 0 Å². The van der Waals surface area contributed by atoms with Gasteiger partial charge in [0.25, 0.3) is 0 Å².